The maximum atomic E-state index is 12.5. The first kappa shape index (κ1) is 16.5. The lowest BCUT2D eigenvalue weighted by atomic mass is 10.1. The quantitative estimate of drug-likeness (QED) is 0.647. The zero-order chi connectivity index (χ0) is 16.2. The second kappa shape index (κ2) is 7.51. The van der Waals surface area contributed by atoms with Gasteiger partial charge in [-0.25, -0.2) is 4.79 Å². The highest BCUT2D eigenvalue weighted by molar-refractivity contribution is 14.1. The topological polar surface area (TPSA) is 43.9 Å². The summed E-state index contributed by atoms with van der Waals surface area (Å²) >= 11 is 2.22. The minimum absolute atomic E-state index is 0.0635. The predicted octanol–water partition coefficient (Wildman–Crippen LogP) is 2.65. The summed E-state index contributed by atoms with van der Waals surface area (Å²) in [6.07, 6.45) is 3.44. The molecule has 0 bridgehead atoms. The molecule has 0 N–H and O–H groups in total. The highest BCUT2D eigenvalue weighted by Gasteiger charge is 2.28. The molecule has 6 heteroatoms. The molecule has 3 amide bonds. The molecular formula is C17H22IN3O2. The molecule has 23 heavy (non-hydrogen) atoms. The molecule has 0 unspecified atom stereocenters. The van der Waals surface area contributed by atoms with Crippen LogP contribution in [0.3, 0.4) is 0 Å². The lowest BCUT2D eigenvalue weighted by Crippen LogP contribution is -2.54. The summed E-state index contributed by atoms with van der Waals surface area (Å²) in [6.45, 7) is 4.24. The van der Waals surface area contributed by atoms with Crippen LogP contribution in [0.25, 0.3) is 0 Å². The summed E-state index contributed by atoms with van der Waals surface area (Å²) in [6, 6.07) is 7.80. The molecule has 2 heterocycles. The van der Waals surface area contributed by atoms with Gasteiger partial charge in [-0.1, -0.05) is 6.07 Å². The largest absolute Gasteiger partial charge is 0.335 e. The Labute approximate surface area is 150 Å². The normalized spacial score (nSPS) is 18.9. The first-order chi connectivity index (χ1) is 11.1. The molecule has 0 aliphatic carbocycles. The number of carbonyl (C=O) groups excluding carboxylic acids is 2. The Morgan fingerprint density at radius 2 is 1.43 bits per heavy atom. The van der Waals surface area contributed by atoms with Gasteiger partial charge in [0.2, 0.25) is 0 Å². The summed E-state index contributed by atoms with van der Waals surface area (Å²) in [5, 5.41) is 0. The van der Waals surface area contributed by atoms with E-state index in [1.807, 2.05) is 39.0 Å². The molecule has 1 aromatic rings. The fourth-order valence-corrected chi connectivity index (χ4v) is 3.73. The molecule has 1 aromatic carbocycles. The van der Waals surface area contributed by atoms with Gasteiger partial charge in [0, 0.05) is 48.4 Å². The zero-order valence-electron chi connectivity index (χ0n) is 13.2. The van der Waals surface area contributed by atoms with Crippen LogP contribution in [0, 0.1) is 3.57 Å². The zero-order valence-corrected chi connectivity index (χ0v) is 15.4. The van der Waals surface area contributed by atoms with Crippen LogP contribution >= 0.6 is 22.6 Å². The van der Waals surface area contributed by atoms with Gasteiger partial charge in [-0.05, 0) is 60.1 Å². The summed E-state index contributed by atoms with van der Waals surface area (Å²) < 4.78 is 1.06. The van der Waals surface area contributed by atoms with E-state index in [2.05, 4.69) is 22.6 Å². The van der Waals surface area contributed by atoms with Crippen LogP contribution in [0.1, 0.15) is 29.6 Å². The maximum absolute atomic E-state index is 12.5. The fraction of sp³-hybridized carbons (Fsp3) is 0.529. The molecule has 0 radical (unpaired) electrons. The van der Waals surface area contributed by atoms with E-state index in [-0.39, 0.29) is 11.9 Å². The number of halogens is 1. The van der Waals surface area contributed by atoms with Crippen molar-refractivity contribution in [1.29, 1.82) is 0 Å². The average Bonchev–Trinajstić information content (AvgIpc) is 2.61. The molecule has 2 aliphatic heterocycles. The standard InChI is InChI=1S/C17H22IN3O2/c18-15-6-4-5-14(13-15)16(22)19-9-11-21(12-10-19)17(23)20-7-2-1-3-8-20/h4-6,13H,1-3,7-12H2. The molecule has 2 aliphatic rings. The van der Waals surface area contributed by atoms with Crippen molar-refractivity contribution in [2.75, 3.05) is 39.3 Å². The van der Waals surface area contributed by atoms with E-state index in [0.29, 0.717) is 26.2 Å². The lowest BCUT2D eigenvalue weighted by Gasteiger charge is -2.38. The van der Waals surface area contributed by atoms with Crippen LogP contribution in [0.2, 0.25) is 0 Å². The Balaban J connectivity index is 1.55. The highest BCUT2D eigenvalue weighted by atomic mass is 127. The number of benzene rings is 1. The van der Waals surface area contributed by atoms with Crippen molar-refractivity contribution < 1.29 is 9.59 Å². The number of hydrogen-bond donors (Lipinski definition) is 0. The van der Waals surface area contributed by atoms with Crippen molar-refractivity contribution in [3.05, 3.63) is 33.4 Å². The Hall–Kier alpha value is -1.31. The number of amides is 3. The molecule has 0 spiro atoms. The van der Waals surface area contributed by atoms with Crippen LogP contribution in [-0.2, 0) is 0 Å². The molecule has 0 atom stereocenters. The number of hydrogen-bond acceptors (Lipinski definition) is 2. The van der Waals surface area contributed by atoms with Crippen LogP contribution in [0.5, 0.6) is 0 Å². The van der Waals surface area contributed by atoms with Gasteiger partial charge in [0.05, 0.1) is 0 Å². The minimum atomic E-state index is 0.0635. The molecule has 0 aromatic heterocycles. The number of likely N-dealkylation sites (tertiary alicyclic amines) is 1. The molecule has 2 fully saturated rings. The minimum Gasteiger partial charge on any atom is -0.335 e. The summed E-state index contributed by atoms with van der Waals surface area (Å²) in [5.41, 5.74) is 0.729. The first-order valence-corrected chi connectivity index (χ1v) is 9.32. The van der Waals surface area contributed by atoms with E-state index in [1.165, 1.54) is 6.42 Å². The predicted molar refractivity (Wildman–Crippen MR) is 97.5 cm³/mol. The van der Waals surface area contributed by atoms with Gasteiger partial charge >= 0.3 is 6.03 Å². The van der Waals surface area contributed by atoms with Crippen molar-refractivity contribution >= 4 is 34.5 Å². The number of piperazine rings is 1. The molecular weight excluding hydrogens is 405 g/mol. The highest BCUT2D eigenvalue weighted by Crippen LogP contribution is 2.15. The fourth-order valence-electron chi connectivity index (χ4n) is 3.19. The van der Waals surface area contributed by atoms with Crippen molar-refractivity contribution in [2.45, 2.75) is 19.3 Å². The molecule has 5 nitrogen and oxygen atoms in total. The van der Waals surface area contributed by atoms with Crippen LogP contribution in [-0.4, -0.2) is 65.9 Å². The van der Waals surface area contributed by atoms with Crippen molar-refractivity contribution in [1.82, 2.24) is 14.7 Å². The van der Waals surface area contributed by atoms with Crippen molar-refractivity contribution in [3.8, 4) is 0 Å². The van der Waals surface area contributed by atoms with Gasteiger partial charge in [-0.2, -0.15) is 0 Å². The van der Waals surface area contributed by atoms with E-state index in [9.17, 15) is 9.59 Å². The summed E-state index contributed by atoms with van der Waals surface area (Å²) in [5.74, 6) is 0.0635. The Morgan fingerprint density at radius 3 is 2.09 bits per heavy atom. The first-order valence-electron chi connectivity index (χ1n) is 8.24. The third-order valence-electron chi connectivity index (χ3n) is 4.54. The van der Waals surface area contributed by atoms with Gasteiger partial charge < -0.3 is 14.7 Å². The van der Waals surface area contributed by atoms with Gasteiger partial charge in [0.25, 0.3) is 5.91 Å². The van der Waals surface area contributed by atoms with Gasteiger partial charge in [-0.3, -0.25) is 4.79 Å². The molecule has 2 saturated heterocycles. The number of nitrogens with zero attached hydrogens (tertiary/aromatic N) is 3. The van der Waals surface area contributed by atoms with Gasteiger partial charge in [-0.15, -0.1) is 0 Å². The third-order valence-corrected chi connectivity index (χ3v) is 5.21. The monoisotopic (exact) mass is 427 g/mol. The van der Waals surface area contributed by atoms with E-state index in [1.54, 1.807) is 0 Å². The van der Waals surface area contributed by atoms with Crippen molar-refractivity contribution in [2.24, 2.45) is 0 Å². The van der Waals surface area contributed by atoms with Crippen LogP contribution < -0.4 is 0 Å². The Kier molecular flexibility index (Phi) is 5.40. The Bertz CT molecular complexity index is 579. The second-order valence-electron chi connectivity index (χ2n) is 6.12. The summed E-state index contributed by atoms with van der Waals surface area (Å²) in [4.78, 5) is 30.7. The summed E-state index contributed by atoms with van der Waals surface area (Å²) in [7, 11) is 0. The van der Waals surface area contributed by atoms with Gasteiger partial charge in [0.15, 0.2) is 0 Å². The van der Waals surface area contributed by atoms with Crippen LogP contribution in [0.15, 0.2) is 24.3 Å². The van der Waals surface area contributed by atoms with E-state index >= 15 is 0 Å². The number of rotatable bonds is 1. The van der Waals surface area contributed by atoms with Crippen molar-refractivity contribution in [3.63, 3.8) is 0 Å². The van der Waals surface area contributed by atoms with Crippen LogP contribution in [0.4, 0.5) is 4.79 Å². The number of piperidine rings is 1. The average molecular weight is 427 g/mol. The maximum Gasteiger partial charge on any atom is 0.320 e. The number of urea groups is 1. The number of carbonyl (C=O) groups is 2. The van der Waals surface area contributed by atoms with E-state index < -0.39 is 0 Å². The van der Waals surface area contributed by atoms with E-state index in [0.717, 1.165) is 35.1 Å². The molecule has 3 rings (SSSR count). The second-order valence-corrected chi connectivity index (χ2v) is 7.37. The SMILES string of the molecule is O=C(c1cccc(I)c1)N1CCN(C(=O)N2CCCCC2)CC1. The molecule has 124 valence electrons. The van der Waals surface area contributed by atoms with Gasteiger partial charge in [0.1, 0.15) is 0 Å². The third kappa shape index (κ3) is 3.97. The smallest absolute Gasteiger partial charge is 0.320 e. The lowest BCUT2D eigenvalue weighted by molar-refractivity contribution is 0.0633. The van der Waals surface area contributed by atoms with E-state index in [4.69, 9.17) is 0 Å². The Morgan fingerprint density at radius 1 is 0.826 bits per heavy atom. The molecule has 0 saturated carbocycles.